The second kappa shape index (κ2) is 9.69. The first-order valence-corrected chi connectivity index (χ1v) is 13.6. The summed E-state index contributed by atoms with van der Waals surface area (Å²) in [7, 11) is 0. The summed E-state index contributed by atoms with van der Waals surface area (Å²) in [6.45, 7) is 0. The predicted molar refractivity (Wildman–Crippen MR) is 192 cm³/mol. The summed E-state index contributed by atoms with van der Waals surface area (Å²) in [5.41, 5.74) is -5.55. The molecule has 0 spiro atoms. The lowest BCUT2D eigenvalue weighted by Crippen LogP contribution is -1.90. The highest BCUT2D eigenvalue weighted by molar-refractivity contribution is 6.22. The topological polar surface area (TPSA) is 26.3 Å². The van der Waals surface area contributed by atoms with E-state index >= 15 is 0 Å². The molecule has 0 amide bonds. The molecule has 0 aliphatic heterocycles. The van der Waals surface area contributed by atoms with Crippen LogP contribution < -0.4 is 0 Å². The van der Waals surface area contributed by atoms with Crippen LogP contribution in [0.5, 0.6) is 0 Å². The average Bonchev–Trinajstić information content (AvgIpc) is 3.92. The molecule has 0 bridgehead atoms. The summed E-state index contributed by atoms with van der Waals surface area (Å²) >= 11 is 0. The maximum atomic E-state index is 9.72. The van der Waals surface area contributed by atoms with Crippen molar-refractivity contribution in [3.8, 4) is 33.4 Å². The Morgan fingerprint density at radius 2 is 0.978 bits per heavy atom. The van der Waals surface area contributed by atoms with Crippen LogP contribution in [0.1, 0.15) is 35.6 Å². The van der Waals surface area contributed by atoms with Crippen LogP contribution in [0.3, 0.4) is 0 Å². The Morgan fingerprint density at radius 3 is 1.72 bits per heavy atom. The molecular weight excluding hydrogens is 560 g/mol. The van der Waals surface area contributed by atoms with Crippen molar-refractivity contribution in [2.45, 2.75) is 0 Å². The molecule has 0 saturated carbocycles. The maximum absolute atomic E-state index is 9.72. The van der Waals surface area contributed by atoms with Gasteiger partial charge in [0, 0.05) is 21.7 Å². The molecule has 0 atom stereocenters. The number of hydrogen-bond acceptors (Lipinski definition) is 2. The SMILES string of the molecule is [2H]c1oc2c(c([2H])c([2H])c3c2oc2c([2H])c(-c4c5c([2H])c([2H])c([2H])c([2H])c5c(-c5c([2H])c([2H])c([2H])c([2H])c5[2H])c5c([2H])c([2H])c([2H])c([2H])c45)c([2H])c([2H])c23)c1-c1c([2H])c([2H])c2c([2H])c([2H])c([2H])c([2H])c2c1[2H]. The number of furan rings is 2. The van der Waals surface area contributed by atoms with Crippen molar-refractivity contribution in [2.24, 2.45) is 0 Å². The van der Waals surface area contributed by atoms with Crippen LogP contribution in [0.25, 0.3) is 98.6 Å². The van der Waals surface area contributed by atoms with Crippen LogP contribution >= 0.6 is 0 Å². The van der Waals surface area contributed by atoms with Crippen LogP contribution in [0.15, 0.2) is 166 Å². The predicted octanol–water partition coefficient (Wildman–Crippen LogP) is 12.8. The standard InChI is InChI=1S/C44H26O2/c1-2-11-28(12-3-1)41-33-14-6-8-16-35(33)42(36-17-9-7-15-34(36)41)31-20-21-32-37-22-23-38-39(26-45-43(38)44(37)46-40(32)25-31)30-19-18-27-10-4-5-13-29(27)24-30/h1-26H/i1D,2D,3D,4D,5D,6D,7D,8D,9D,10D,11D,12D,13D,14D,15D,16D,17D,18D,19D,20D,21D,22D,23D,24D,25D,26D. The average molecular weight is 613 g/mol. The summed E-state index contributed by atoms with van der Waals surface area (Å²) < 4.78 is 243. The zero-order valence-electron chi connectivity index (χ0n) is 48.8. The van der Waals surface area contributed by atoms with Gasteiger partial charge in [-0.15, -0.1) is 0 Å². The van der Waals surface area contributed by atoms with E-state index in [0.29, 0.717) is 0 Å². The fourth-order valence-electron chi connectivity index (χ4n) is 5.62. The van der Waals surface area contributed by atoms with Crippen LogP contribution in [0, 0.1) is 0 Å². The molecule has 0 aliphatic carbocycles. The zero-order chi connectivity index (χ0) is 52.8. The number of hydrogen-bond donors (Lipinski definition) is 0. The van der Waals surface area contributed by atoms with E-state index in [0.717, 1.165) is 0 Å². The van der Waals surface area contributed by atoms with E-state index in [-0.39, 0.29) is 0 Å². The molecule has 0 fully saturated rings. The first-order valence-electron chi connectivity index (χ1n) is 26.6. The zero-order valence-corrected chi connectivity index (χ0v) is 22.8. The second-order valence-electron chi connectivity index (χ2n) is 10.0. The van der Waals surface area contributed by atoms with Gasteiger partial charge in [0.15, 0.2) is 11.2 Å². The quantitative estimate of drug-likeness (QED) is 0.186. The van der Waals surface area contributed by atoms with Gasteiger partial charge in [-0.1, -0.05) is 121 Å². The highest BCUT2D eigenvalue weighted by Crippen LogP contribution is 2.45. The van der Waals surface area contributed by atoms with E-state index in [4.69, 9.17) is 32.1 Å². The third-order valence-electron chi connectivity index (χ3n) is 7.59. The van der Waals surface area contributed by atoms with Crippen molar-refractivity contribution in [1.29, 1.82) is 0 Å². The fraction of sp³-hybridized carbons (Fsp3) is 0. The molecule has 2 aromatic heterocycles. The van der Waals surface area contributed by atoms with Gasteiger partial charge in [-0.3, -0.25) is 0 Å². The van der Waals surface area contributed by atoms with E-state index in [1.54, 1.807) is 0 Å². The summed E-state index contributed by atoms with van der Waals surface area (Å²) in [6, 6.07) is -21.4. The lowest BCUT2D eigenvalue weighted by Gasteiger charge is -2.17. The summed E-state index contributed by atoms with van der Waals surface area (Å²) in [5, 5.41) is -4.93. The molecule has 10 aromatic rings. The largest absolute Gasteiger partial charge is 0.460 e. The minimum absolute atomic E-state index is 0.428. The number of fused-ring (bicyclic) bond motifs is 8. The van der Waals surface area contributed by atoms with Crippen LogP contribution in [-0.4, -0.2) is 0 Å². The first kappa shape index (κ1) is 10.8. The molecule has 8 aromatic carbocycles. The monoisotopic (exact) mass is 612 g/mol. The number of rotatable bonds is 3. The molecule has 2 heterocycles. The van der Waals surface area contributed by atoms with Gasteiger partial charge >= 0.3 is 0 Å². The van der Waals surface area contributed by atoms with Crippen molar-refractivity contribution in [1.82, 2.24) is 0 Å². The Labute approximate surface area is 301 Å². The van der Waals surface area contributed by atoms with E-state index in [1.165, 1.54) is 0 Å². The normalized spacial score (nSPS) is 19.8. The van der Waals surface area contributed by atoms with Crippen LogP contribution in [0.4, 0.5) is 0 Å². The fourth-order valence-corrected chi connectivity index (χ4v) is 5.62. The molecule has 0 saturated heterocycles. The second-order valence-corrected chi connectivity index (χ2v) is 10.0. The molecule has 0 unspecified atom stereocenters. The van der Waals surface area contributed by atoms with Gasteiger partial charge in [0.1, 0.15) is 6.95 Å². The first-order chi connectivity index (χ1) is 33.6. The van der Waals surface area contributed by atoms with Gasteiger partial charge in [0.25, 0.3) is 0 Å². The molecule has 0 radical (unpaired) electrons. The highest BCUT2D eigenvalue weighted by atomic mass is 16.4. The van der Waals surface area contributed by atoms with Gasteiger partial charge in [-0.2, -0.15) is 0 Å². The molecule has 46 heavy (non-hydrogen) atoms. The minimum atomic E-state index is -0.943. The van der Waals surface area contributed by atoms with Crippen molar-refractivity contribution in [3.63, 3.8) is 0 Å². The Bertz CT molecular complexity index is 4180. The Hall–Kier alpha value is -6.12. The molecule has 2 nitrogen and oxygen atoms in total. The van der Waals surface area contributed by atoms with Crippen molar-refractivity contribution >= 4 is 65.2 Å². The van der Waals surface area contributed by atoms with Crippen molar-refractivity contribution in [3.05, 3.63) is 157 Å². The summed E-state index contributed by atoms with van der Waals surface area (Å²) in [5.74, 6) is 0. The molecule has 214 valence electrons. The summed E-state index contributed by atoms with van der Waals surface area (Å²) in [6.07, 6.45) is -0.869. The molecule has 10 rings (SSSR count). The van der Waals surface area contributed by atoms with E-state index in [9.17, 15) is 12.3 Å². The Morgan fingerprint density at radius 1 is 0.391 bits per heavy atom. The molecular formula is C44H26O2. The lowest BCUT2D eigenvalue weighted by atomic mass is 9.86. The van der Waals surface area contributed by atoms with Gasteiger partial charge < -0.3 is 8.83 Å². The molecule has 0 aliphatic rings. The third-order valence-corrected chi connectivity index (χ3v) is 7.59. The van der Waals surface area contributed by atoms with Gasteiger partial charge in [0.2, 0.25) is 0 Å². The highest BCUT2D eigenvalue weighted by Gasteiger charge is 2.20. The van der Waals surface area contributed by atoms with Crippen LogP contribution in [-0.2, 0) is 0 Å². The van der Waals surface area contributed by atoms with E-state index in [1.807, 2.05) is 0 Å². The maximum Gasteiger partial charge on any atom is 0.178 e. The van der Waals surface area contributed by atoms with Gasteiger partial charge in [-0.05, 0) is 90.3 Å². The summed E-state index contributed by atoms with van der Waals surface area (Å²) in [4.78, 5) is 0. The van der Waals surface area contributed by atoms with E-state index in [2.05, 4.69) is 0 Å². The van der Waals surface area contributed by atoms with E-state index < -0.39 is 256 Å². The third kappa shape index (κ3) is 3.65. The molecule has 0 N–H and O–H groups in total. The van der Waals surface area contributed by atoms with Gasteiger partial charge in [0.05, 0.1) is 40.5 Å². The van der Waals surface area contributed by atoms with Gasteiger partial charge in [-0.25, -0.2) is 0 Å². The Balaban J connectivity index is 1.40. The number of benzene rings is 8. The van der Waals surface area contributed by atoms with Crippen LogP contribution in [0.2, 0.25) is 0 Å². The minimum Gasteiger partial charge on any atom is -0.460 e. The molecule has 2 heteroatoms. The Kier molecular flexibility index (Phi) is 2.26. The lowest BCUT2D eigenvalue weighted by molar-refractivity contribution is 0.600. The smallest absolute Gasteiger partial charge is 0.178 e. The van der Waals surface area contributed by atoms with Crippen molar-refractivity contribution in [2.75, 3.05) is 0 Å². The van der Waals surface area contributed by atoms with Crippen molar-refractivity contribution < 1.29 is 44.5 Å².